The summed E-state index contributed by atoms with van der Waals surface area (Å²) in [5.41, 5.74) is 1.85. The smallest absolute Gasteiger partial charge is 0.221 e. The first kappa shape index (κ1) is 17.7. The highest BCUT2D eigenvalue weighted by molar-refractivity contribution is 7.80. The maximum absolute atomic E-state index is 10.7. The van der Waals surface area contributed by atoms with E-state index in [0.717, 1.165) is 16.5 Å². The number of hydrogen-bond donors (Lipinski definition) is 2. The molecule has 5 nitrogen and oxygen atoms in total. The van der Waals surface area contributed by atoms with E-state index in [2.05, 4.69) is 15.5 Å². The van der Waals surface area contributed by atoms with Gasteiger partial charge in [-0.15, -0.1) is 10.2 Å². The second-order valence-corrected chi connectivity index (χ2v) is 6.43. The number of halogens is 2. The minimum atomic E-state index is -0.0279. The highest BCUT2D eigenvalue weighted by Gasteiger charge is 2.18. The molecule has 0 aliphatic carbocycles. The molecule has 8 heteroatoms. The van der Waals surface area contributed by atoms with Crippen LogP contribution in [0, 0.1) is 0 Å². The van der Waals surface area contributed by atoms with Crippen LogP contribution >= 0.6 is 35.4 Å². The Hall–Kier alpha value is -2.15. The Bertz CT molecular complexity index is 964. The Balaban J connectivity index is 2.14. The van der Waals surface area contributed by atoms with Gasteiger partial charge >= 0.3 is 0 Å². The normalized spacial score (nSPS) is 11.3. The number of aromatic nitrogens is 1. The average molecular weight is 393 g/mol. The van der Waals surface area contributed by atoms with Crippen molar-refractivity contribution in [3.63, 3.8) is 0 Å². The number of fused-ring (bicyclic) bond motifs is 1. The summed E-state index contributed by atoms with van der Waals surface area (Å²) in [7, 11) is 1.66. The van der Waals surface area contributed by atoms with Gasteiger partial charge in [0.1, 0.15) is 0 Å². The standard InChI is InChI=1S/C17H14Cl2N4OS/c1-20-17(25)22-21-15-10-5-2-3-8-14(10)23(16(15)24)9-11-12(18)6-4-7-13(11)19/h2-8,24H,9H2,1H3,(H,20,25). The molecule has 0 fully saturated rings. The fraction of sp³-hybridized carbons (Fsp3) is 0.118. The molecule has 0 saturated heterocycles. The first-order valence-corrected chi connectivity index (χ1v) is 8.56. The average Bonchev–Trinajstić information content (AvgIpc) is 2.87. The third-order valence-corrected chi connectivity index (χ3v) is 4.74. The summed E-state index contributed by atoms with van der Waals surface area (Å²) in [5, 5.41) is 23.5. The monoisotopic (exact) mass is 392 g/mol. The first-order valence-electron chi connectivity index (χ1n) is 7.39. The Morgan fingerprint density at radius 3 is 2.52 bits per heavy atom. The molecule has 128 valence electrons. The van der Waals surface area contributed by atoms with Crippen molar-refractivity contribution >= 4 is 57.1 Å². The largest absolute Gasteiger partial charge is 0.493 e. The van der Waals surface area contributed by atoms with Crippen LogP contribution in [0.15, 0.2) is 52.7 Å². The maximum atomic E-state index is 10.7. The van der Waals surface area contributed by atoms with E-state index in [9.17, 15) is 5.11 Å². The van der Waals surface area contributed by atoms with Crippen molar-refractivity contribution in [2.24, 2.45) is 10.2 Å². The molecule has 1 aromatic heterocycles. The number of aromatic hydroxyl groups is 1. The van der Waals surface area contributed by atoms with E-state index in [-0.39, 0.29) is 11.0 Å². The quantitative estimate of drug-likeness (QED) is 0.470. The van der Waals surface area contributed by atoms with Crippen LogP contribution in [0.1, 0.15) is 5.56 Å². The Morgan fingerprint density at radius 1 is 1.16 bits per heavy atom. The molecule has 0 unspecified atom stereocenters. The van der Waals surface area contributed by atoms with Gasteiger partial charge in [0.25, 0.3) is 0 Å². The zero-order valence-electron chi connectivity index (χ0n) is 13.2. The van der Waals surface area contributed by atoms with E-state index in [1.165, 1.54) is 0 Å². The zero-order valence-corrected chi connectivity index (χ0v) is 15.5. The topological polar surface area (TPSA) is 61.9 Å². The molecule has 0 aliphatic rings. The van der Waals surface area contributed by atoms with Gasteiger partial charge < -0.3 is 15.0 Å². The molecule has 0 radical (unpaired) electrons. The SMILES string of the molecule is CNC(=S)N=Nc1c(O)n(Cc2c(Cl)cccc2Cl)c2ccccc12. The van der Waals surface area contributed by atoms with Crippen molar-refractivity contribution in [2.45, 2.75) is 6.54 Å². The third-order valence-electron chi connectivity index (χ3n) is 3.75. The van der Waals surface area contributed by atoms with Gasteiger partial charge in [0.05, 0.1) is 12.1 Å². The van der Waals surface area contributed by atoms with Crippen molar-refractivity contribution < 1.29 is 5.11 Å². The van der Waals surface area contributed by atoms with E-state index >= 15 is 0 Å². The minimum absolute atomic E-state index is 0.0279. The van der Waals surface area contributed by atoms with Crippen LogP contribution in [0.25, 0.3) is 10.9 Å². The second-order valence-electron chi connectivity index (χ2n) is 5.23. The number of nitrogens with zero attached hydrogens (tertiary/aromatic N) is 3. The van der Waals surface area contributed by atoms with Crippen molar-refractivity contribution in [3.05, 3.63) is 58.1 Å². The lowest BCUT2D eigenvalue weighted by Gasteiger charge is -2.10. The molecule has 25 heavy (non-hydrogen) atoms. The third kappa shape index (κ3) is 3.46. The van der Waals surface area contributed by atoms with E-state index < -0.39 is 0 Å². The fourth-order valence-electron chi connectivity index (χ4n) is 2.52. The highest BCUT2D eigenvalue weighted by atomic mass is 35.5. The van der Waals surface area contributed by atoms with E-state index in [1.807, 2.05) is 24.3 Å². The van der Waals surface area contributed by atoms with Crippen molar-refractivity contribution in [1.29, 1.82) is 0 Å². The molecule has 0 spiro atoms. The number of para-hydroxylation sites is 1. The zero-order chi connectivity index (χ0) is 18.0. The van der Waals surface area contributed by atoms with Crippen LogP contribution in [0.3, 0.4) is 0 Å². The predicted octanol–water partition coefficient (Wildman–Crippen LogP) is 5.29. The lowest BCUT2D eigenvalue weighted by Crippen LogP contribution is -2.11. The number of hydrogen-bond acceptors (Lipinski definition) is 3. The molecule has 3 aromatic rings. The van der Waals surface area contributed by atoms with Crippen LogP contribution in [-0.4, -0.2) is 21.8 Å². The number of benzene rings is 2. The van der Waals surface area contributed by atoms with Crippen LogP contribution in [0.4, 0.5) is 5.69 Å². The van der Waals surface area contributed by atoms with Gasteiger partial charge in [-0.3, -0.25) is 0 Å². The molecule has 0 bridgehead atoms. The maximum Gasteiger partial charge on any atom is 0.221 e. The Kier molecular flexibility index (Phi) is 5.22. The molecule has 3 rings (SSSR count). The van der Waals surface area contributed by atoms with Crippen molar-refractivity contribution in [1.82, 2.24) is 9.88 Å². The number of azo groups is 1. The first-order chi connectivity index (χ1) is 12.0. The lowest BCUT2D eigenvalue weighted by atomic mass is 10.2. The van der Waals surface area contributed by atoms with Gasteiger partial charge in [-0.25, -0.2) is 0 Å². The van der Waals surface area contributed by atoms with Gasteiger partial charge in [-0.05, 0) is 30.4 Å². The molecular formula is C17H14Cl2N4OS. The Morgan fingerprint density at radius 2 is 1.84 bits per heavy atom. The van der Waals surface area contributed by atoms with Gasteiger partial charge in [0.2, 0.25) is 11.0 Å². The molecule has 1 heterocycles. The van der Waals surface area contributed by atoms with E-state index in [0.29, 0.717) is 22.3 Å². The van der Waals surface area contributed by atoms with Crippen LogP contribution in [0.2, 0.25) is 10.0 Å². The Labute approximate surface area is 159 Å². The van der Waals surface area contributed by atoms with Gasteiger partial charge in [-0.2, -0.15) is 0 Å². The molecule has 0 atom stereocenters. The fourth-order valence-corrected chi connectivity index (χ4v) is 3.07. The molecule has 0 amide bonds. The van der Waals surface area contributed by atoms with Crippen molar-refractivity contribution in [2.75, 3.05) is 7.05 Å². The lowest BCUT2D eigenvalue weighted by molar-refractivity contribution is 0.429. The summed E-state index contributed by atoms with van der Waals surface area (Å²) in [6.45, 7) is 0.302. The highest BCUT2D eigenvalue weighted by Crippen LogP contribution is 2.40. The van der Waals surface area contributed by atoms with E-state index in [1.54, 1.807) is 29.8 Å². The van der Waals surface area contributed by atoms with Crippen molar-refractivity contribution in [3.8, 4) is 5.88 Å². The molecule has 2 aromatic carbocycles. The summed E-state index contributed by atoms with van der Waals surface area (Å²) in [4.78, 5) is 0. The number of nitrogens with one attached hydrogen (secondary N) is 1. The summed E-state index contributed by atoms with van der Waals surface area (Å²) in [6.07, 6.45) is 0. The molecule has 0 saturated carbocycles. The van der Waals surface area contributed by atoms with Gasteiger partial charge in [0.15, 0.2) is 5.69 Å². The summed E-state index contributed by atoms with van der Waals surface area (Å²) < 4.78 is 1.69. The summed E-state index contributed by atoms with van der Waals surface area (Å²) in [6, 6.07) is 12.8. The number of thiocarbonyl (C=S) groups is 1. The second kappa shape index (κ2) is 7.39. The summed E-state index contributed by atoms with van der Waals surface area (Å²) >= 11 is 17.5. The van der Waals surface area contributed by atoms with Crippen LogP contribution in [0.5, 0.6) is 5.88 Å². The van der Waals surface area contributed by atoms with E-state index in [4.69, 9.17) is 35.4 Å². The number of rotatable bonds is 3. The molecule has 2 N–H and O–H groups in total. The van der Waals surface area contributed by atoms with Crippen LogP contribution in [-0.2, 0) is 6.54 Å². The molecule has 0 aliphatic heterocycles. The predicted molar refractivity (Wildman–Crippen MR) is 105 cm³/mol. The van der Waals surface area contributed by atoms with Gasteiger partial charge in [0, 0.05) is 28.0 Å². The van der Waals surface area contributed by atoms with Crippen LogP contribution < -0.4 is 5.32 Å². The van der Waals surface area contributed by atoms with Gasteiger partial charge in [-0.1, -0.05) is 47.5 Å². The molecular weight excluding hydrogens is 379 g/mol. The minimum Gasteiger partial charge on any atom is -0.493 e. The summed E-state index contributed by atoms with van der Waals surface area (Å²) in [5.74, 6) is -0.0279.